The predicted octanol–water partition coefficient (Wildman–Crippen LogP) is 5.29. The average molecular weight is 614 g/mol. The number of aromatic nitrogens is 2. The number of benzene rings is 2. The van der Waals surface area contributed by atoms with E-state index in [4.69, 9.17) is 0 Å². The van der Waals surface area contributed by atoms with Crippen molar-refractivity contribution < 1.29 is 32.2 Å². The summed E-state index contributed by atoms with van der Waals surface area (Å²) < 4.78 is 63.3. The molecule has 5 rings (SSSR count). The molecule has 0 bridgehead atoms. The van der Waals surface area contributed by atoms with Crippen LogP contribution >= 0.6 is 0 Å². The second-order valence-corrected chi connectivity index (χ2v) is 10.3. The van der Waals surface area contributed by atoms with Gasteiger partial charge < -0.3 is 24.2 Å². The normalized spacial score (nSPS) is 14.0. The first kappa shape index (κ1) is 30.8. The molecule has 2 aromatic carbocycles. The van der Waals surface area contributed by atoms with E-state index in [0.717, 1.165) is 35.5 Å². The van der Waals surface area contributed by atoms with Crippen molar-refractivity contribution in [2.24, 2.45) is 0 Å². The van der Waals surface area contributed by atoms with Gasteiger partial charge in [0.1, 0.15) is 22.6 Å². The van der Waals surface area contributed by atoms with Crippen LogP contribution < -0.4 is 20.0 Å². The first-order valence-corrected chi connectivity index (χ1v) is 14.1. The summed E-state index contributed by atoms with van der Waals surface area (Å²) in [4.78, 5) is 35.1. The molecule has 9 nitrogen and oxygen atoms in total. The Morgan fingerprint density at radius 1 is 1.02 bits per heavy atom. The highest BCUT2D eigenvalue weighted by Gasteiger charge is 2.37. The molecule has 0 unspecified atom stereocenters. The lowest BCUT2D eigenvalue weighted by atomic mass is 10.1. The Labute approximate surface area is 250 Å². The number of nitrogens with zero attached hydrogens (tertiary/aromatic N) is 5. The van der Waals surface area contributed by atoms with Gasteiger partial charge in [0, 0.05) is 50.8 Å². The van der Waals surface area contributed by atoms with E-state index in [1.54, 1.807) is 42.6 Å². The van der Waals surface area contributed by atoms with Gasteiger partial charge in [-0.1, -0.05) is 32.0 Å². The van der Waals surface area contributed by atoms with E-state index in [9.17, 15) is 27.9 Å². The van der Waals surface area contributed by atoms with Crippen LogP contribution in [0.3, 0.4) is 0 Å². The Kier molecular flexibility index (Phi) is 8.77. The molecule has 1 saturated heterocycles. The molecule has 1 N–H and O–H groups in total. The van der Waals surface area contributed by atoms with Gasteiger partial charge in [-0.25, -0.2) is 14.2 Å². The van der Waals surface area contributed by atoms with Crippen LogP contribution in [-0.2, 0) is 6.54 Å². The SMILES string of the molecule is CCN(CC)Cc1ccc(-n2cc(C(=O)O)c(=O)c3cc(F)c(N4CCN(c5ccccn5)CC4)c(OC(F)(F)F)c32)cc1. The van der Waals surface area contributed by atoms with Gasteiger partial charge in [-0.3, -0.25) is 9.69 Å². The average Bonchev–Trinajstić information content (AvgIpc) is 3.00. The summed E-state index contributed by atoms with van der Waals surface area (Å²) in [6, 6.07) is 12.9. The summed E-state index contributed by atoms with van der Waals surface area (Å²) in [6.45, 7) is 7.22. The number of aromatic carboxylic acids is 1. The van der Waals surface area contributed by atoms with Crippen molar-refractivity contribution in [2.45, 2.75) is 26.8 Å². The van der Waals surface area contributed by atoms with Gasteiger partial charge in [-0.15, -0.1) is 13.2 Å². The van der Waals surface area contributed by atoms with E-state index in [1.807, 2.05) is 24.8 Å². The third-order valence-corrected chi connectivity index (χ3v) is 7.70. The number of piperazine rings is 1. The van der Waals surface area contributed by atoms with Gasteiger partial charge in [0.2, 0.25) is 5.43 Å². The van der Waals surface area contributed by atoms with Crippen molar-refractivity contribution in [3.05, 3.63) is 88.1 Å². The number of alkyl halides is 3. The molecule has 1 aliphatic heterocycles. The molecule has 44 heavy (non-hydrogen) atoms. The van der Waals surface area contributed by atoms with Crippen LogP contribution in [0.4, 0.5) is 29.1 Å². The molecule has 0 spiro atoms. The van der Waals surface area contributed by atoms with Gasteiger partial charge in [0.05, 0.1) is 5.39 Å². The van der Waals surface area contributed by atoms with Crippen LogP contribution in [0.5, 0.6) is 5.75 Å². The molecule has 0 atom stereocenters. The predicted molar refractivity (Wildman–Crippen MR) is 158 cm³/mol. The van der Waals surface area contributed by atoms with Crippen LogP contribution in [0, 0.1) is 5.82 Å². The number of hydrogen-bond acceptors (Lipinski definition) is 7. The number of ether oxygens (including phenoxy) is 1. The van der Waals surface area contributed by atoms with E-state index in [0.29, 0.717) is 25.5 Å². The van der Waals surface area contributed by atoms with E-state index in [1.165, 1.54) is 4.90 Å². The van der Waals surface area contributed by atoms with Gasteiger partial charge in [-0.05, 0) is 49.0 Å². The van der Waals surface area contributed by atoms with Gasteiger partial charge in [0.15, 0.2) is 11.6 Å². The number of pyridine rings is 2. The fourth-order valence-corrected chi connectivity index (χ4v) is 5.45. The number of halogens is 4. The zero-order valence-electron chi connectivity index (χ0n) is 24.1. The maximum Gasteiger partial charge on any atom is 0.573 e. The van der Waals surface area contributed by atoms with Crippen LogP contribution in [0.25, 0.3) is 16.6 Å². The van der Waals surface area contributed by atoms with Gasteiger partial charge >= 0.3 is 12.3 Å². The Bertz CT molecular complexity index is 1700. The molecular formula is C31H31F4N5O4. The third kappa shape index (κ3) is 6.32. The van der Waals surface area contributed by atoms with Crippen molar-refractivity contribution in [2.75, 3.05) is 49.1 Å². The van der Waals surface area contributed by atoms with Crippen LogP contribution in [0.2, 0.25) is 0 Å². The molecule has 0 aliphatic carbocycles. The minimum absolute atomic E-state index is 0.130. The number of fused-ring (bicyclic) bond motifs is 1. The van der Waals surface area contributed by atoms with Crippen LogP contribution in [-0.4, -0.2) is 71.2 Å². The van der Waals surface area contributed by atoms with Crippen molar-refractivity contribution >= 4 is 28.4 Å². The topological polar surface area (TPSA) is 91.1 Å². The van der Waals surface area contributed by atoms with E-state index < -0.39 is 51.5 Å². The first-order valence-electron chi connectivity index (χ1n) is 14.1. The second-order valence-electron chi connectivity index (χ2n) is 10.3. The van der Waals surface area contributed by atoms with Gasteiger partial charge in [0.25, 0.3) is 0 Å². The fourth-order valence-electron chi connectivity index (χ4n) is 5.45. The fraction of sp³-hybridized carbons (Fsp3) is 0.323. The number of anilines is 2. The highest BCUT2D eigenvalue weighted by atomic mass is 19.4. The Balaban J connectivity index is 1.68. The maximum absolute atomic E-state index is 15.8. The number of carbonyl (C=O) groups is 1. The lowest BCUT2D eigenvalue weighted by Crippen LogP contribution is -2.47. The molecule has 2 aromatic heterocycles. The van der Waals surface area contributed by atoms with Crippen molar-refractivity contribution in [1.29, 1.82) is 0 Å². The molecule has 0 amide bonds. The van der Waals surface area contributed by atoms with E-state index in [-0.39, 0.29) is 18.8 Å². The molecule has 0 radical (unpaired) electrons. The van der Waals surface area contributed by atoms with Crippen LogP contribution in [0.15, 0.2) is 65.7 Å². The molecule has 1 aliphatic rings. The van der Waals surface area contributed by atoms with Gasteiger partial charge in [-0.2, -0.15) is 0 Å². The van der Waals surface area contributed by atoms with Crippen molar-refractivity contribution in [3.8, 4) is 11.4 Å². The Hall–Kier alpha value is -4.65. The summed E-state index contributed by atoms with van der Waals surface area (Å²) in [6.07, 6.45) is -2.66. The lowest BCUT2D eigenvalue weighted by molar-refractivity contribution is -0.274. The summed E-state index contributed by atoms with van der Waals surface area (Å²) in [7, 11) is 0. The number of rotatable bonds is 9. The standard InChI is InChI=1S/C31H31F4N5O4/c1-3-37(4-2)18-20-8-10-21(11-9-20)40-19-23(30(42)43)28(41)22-17-24(32)27(29(26(22)40)44-31(33,34)35)39-15-13-38(14-16-39)25-7-5-6-12-36-25/h5-12,17,19H,3-4,13-16,18H2,1-2H3,(H,42,43). The molecule has 13 heteroatoms. The maximum atomic E-state index is 15.8. The molecule has 3 heterocycles. The Morgan fingerprint density at radius 2 is 1.68 bits per heavy atom. The summed E-state index contributed by atoms with van der Waals surface area (Å²) >= 11 is 0. The number of carboxylic acid groups (broad SMARTS) is 1. The zero-order chi connectivity index (χ0) is 31.6. The largest absolute Gasteiger partial charge is 0.573 e. The number of hydrogen-bond donors (Lipinski definition) is 1. The smallest absolute Gasteiger partial charge is 0.477 e. The first-order chi connectivity index (χ1) is 21.0. The summed E-state index contributed by atoms with van der Waals surface area (Å²) in [5.41, 5.74) is -1.52. The van der Waals surface area contributed by atoms with E-state index in [2.05, 4.69) is 14.6 Å². The lowest BCUT2D eigenvalue weighted by Gasteiger charge is -2.37. The minimum atomic E-state index is -5.24. The molecule has 4 aromatic rings. The molecule has 0 saturated carbocycles. The molecule has 232 valence electrons. The second kappa shape index (κ2) is 12.5. The Morgan fingerprint density at radius 3 is 2.25 bits per heavy atom. The molecular weight excluding hydrogens is 582 g/mol. The van der Waals surface area contributed by atoms with Crippen molar-refractivity contribution in [3.63, 3.8) is 0 Å². The van der Waals surface area contributed by atoms with Crippen LogP contribution in [0.1, 0.15) is 29.8 Å². The quantitative estimate of drug-likeness (QED) is 0.255. The highest BCUT2D eigenvalue weighted by molar-refractivity contribution is 5.98. The molecule has 1 fully saturated rings. The van der Waals surface area contributed by atoms with Crippen molar-refractivity contribution in [1.82, 2.24) is 14.5 Å². The monoisotopic (exact) mass is 613 g/mol. The summed E-state index contributed by atoms with van der Waals surface area (Å²) in [5, 5.41) is 9.20. The summed E-state index contributed by atoms with van der Waals surface area (Å²) in [5.74, 6) is -2.97. The zero-order valence-corrected chi connectivity index (χ0v) is 24.1. The van der Waals surface area contributed by atoms with E-state index >= 15 is 4.39 Å². The third-order valence-electron chi connectivity index (χ3n) is 7.70. The minimum Gasteiger partial charge on any atom is -0.477 e. The highest BCUT2D eigenvalue weighted by Crippen LogP contribution is 2.42. The number of carboxylic acids is 1.